The second kappa shape index (κ2) is 9.34. The normalized spacial score (nSPS) is 15.7. The van der Waals surface area contributed by atoms with E-state index in [4.69, 9.17) is 0 Å². The van der Waals surface area contributed by atoms with Crippen LogP contribution in [0.5, 0.6) is 0 Å². The molecule has 0 saturated carbocycles. The molecule has 1 aliphatic rings. The zero-order valence-electron chi connectivity index (χ0n) is 18.2. The van der Waals surface area contributed by atoms with Crippen LogP contribution in [0.4, 0.5) is 4.39 Å². The quantitative estimate of drug-likeness (QED) is 0.405. The third-order valence-corrected chi connectivity index (χ3v) is 8.50. The lowest BCUT2D eigenvalue weighted by Gasteiger charge is -2.33. The standard InChI is InChI=1S/C23H22FN5O3S2/c24-20-9-5-4-8-19(20)22-26-29-21(30)14-18(25-23(29)33-22)15-27-10-12-28(13-11-27)34(31,32)16-17-6-2-1-3-7-17/h1-9,14H,10-13,15-16H2. The van der Waals surface area contributed by atoms with Gasteiger partial charge in [-0.2, -0.15) is 13.9 Å². The first-order valence-electron chi connectivity index (χ1n) is 10.8. The molecule has 0 bridgehead atoms. The van der Waals surface area contributed by atoms with E-state index in [0.717, 1.165) is 16.9 Å². The summed E-state index contributed by atoms with van der Waals surface area (Å²) in [5.41, 5.74) is 1.34. The van der Waals surface area contributed by atoms with Crippen molar-refractivity contribution in [2.24, 2.45) is 0 Å². The minimum absolute atomic E-state index is 0.0153. The van der Waals surface area contributed by atoms with Crippen LogP contribution in [-0.4, -0.2) is 58.4 Å². The Balaban J connectivity index is 1.27. The Morgan fingerprint density at radius 2 is 1.68 bits per heavy atom. The van der Waals surface area contributed by atoms with Gasteiger partial charge in [0.2, 0.25) is 15.0 Å². The van der Waals surface area contributed by atoms with E-state index in [1.165, 1.54) is 21.0 Å². The molecule has 0 atom stereocenters. The minimum Gasteiger partial charge on any atom is -0.295 e. The maximum Gasteiger partial charge on any atom is 0.275 e. The van der Waals surface area contributed by atoms with E-state index >= 15 is 0 Å². The Kier molecular flexibility index (Phi) is 6.26. The summed E-state index contributed by atoms with van der Waals surface area (Å²) < 4.78 is 42.4. The van der Waals surface area contributed by atoms with Gasteiger partial charge in [-0.15, -0.1) is 0 Å². The van der Waals surface area contributed by atoms with Crippen LogP contribution in [0.3, 0.4) is 0 Å². The molecule has 0 amide bonds. The number of aromatic nitrogens is 3. The number of benzene rings is 2. The van der Waals surface area contributed by atoms with E-state index in [-0.39, 0.29) is 11.3 Å². The van der Waals surface area contributed by atoms with E-state index in [9.17, 15) is 17.6 Å². The van der Waals surface area contributed by atoms with Gasteiger partial charge in [-0.1, -0.05) is 53.8 Å². The fraction of sp³-hybridized carbons (Fsp3) is 0.261. The van der Waals surface area contributed by atoms with Gasteiger partial charge in [0.1, 0.15) is 5.82 Å². The number of rotatable bonds is 6. The molecule has 0 radical (unpaired) electrons. The fourth-order valence-corrected chi connectivity index (χ4v) is 6.42. The van der Waals surface area contributed by atoms with Crippen LogP contribution >= 0.6 is 11.3 Å². The second-order valence-corrected chi connectivity index (χ2v) is 11.0. The van der Waals surface area contributed by atoms with Gasteiger partial charge >= 0.3 is 0 Å². The van der Waals surface area contributed by atoms with Crippen molar-refractivity contribution in [3.8, 4) is 10.6 Å². The SMILES string of the molecule is O=c1cc(CN2CCN(S(=O)(=O)Cc3ccccc3)CC2)nc2sc(-c3ccccc3F)nn12. The lowest BCUT2D eigenvalue weighted by atomic mass is 10.2. The van der Waals surface area contributed by atoms with E-state index in [1.54, 1.807) is 18.2 Å². The average molecular weight is 500 g/mol. The van der Waals surface area contributed by atoms with Crippen molar-refractivity contribution in [2.45, 2.75) is 12.3 Å². The Morgan fingerprint density at radius 1 is 0.971 bits per heavy atom. The molecule has 4 aromatic rings. The predicted octanol–water partition coefficient (Wildman–Crippen LogP) is 2.60. The van der Waals surface area contributed by atoms with Crippen LogP contribution < -0.4 is 5.56 Å². The molecule has 0 spiro atoms. The highest BCUT2D eigenvalue weighted by Gasteiger charge is 2.27. The molecular weight excluding hydrogens is 477 g/mol. The zero-order chi connectivity index (χ0) is 23.7. The van der Waals surface area contributed by atoms with Gasteiger partial charge in [-0.05, 0) is 17.7 Å². The molecule has 0 unspecified atom stereocenters. The van der Waals surface area contributed by atoms with E-state index < -0.39 is 15.8 Å². The Morgan fingerprint density at radius 3 is 2.41 bits per heavy atom. The highest BCUT2D eigenvalue weighted by atomic mass is 32.2. The van der Waals surface area contributed by atoms with Crippen LogP contribution in [0.25, 0.3) is 15.5 Å². The first kappa shape index (κ1) is 22.8. The van der Waals surface area contributed by atoms with Crippen molar-refractivity contribution in [1.82, 2.24) is 23.8 Å². The Hall–Kier alpha value is -2.99. The monoisotopic (exact) mass is 499 g/mol. The van der Waals surface area contributed by atoms with Crippen LogP contribution in [-0.2, 0) is 22.3 Å². The van der Waals surface area contributed by atoms with Gasteiger partial charge in [0, 0.05) is 44.4 Å². The molecule has 1 fully saturated rings. The van der Waals surface area contributed by atoms with Crippen LogP contribution in [0.1, 0.15) is 11.3 Å². The topological polar surface area (TPSA) is 87.9 Å². The summed E-state index contributed by atoms with van der Waals surface area (Å²) in [5, 5.41) is 4.62. The van der Waals surface area contributed by atoms with Gasteiger partial charge < -0.3 is 0 Å². The number of sulfonamides is 1. The molecule has 8 nitrogen and oxygen atoms in total. The molecule has 3 heterocycles. The van der Waals surface area contributed by atoms with E-state index in [1.807, 2.05) is 30.3 Å². The number of hydrogen-bond acceptors (Lipinski definition) is 7. The third kappa shape index (κ3) is 4.78. The Bertz CT molecular complexity index is 1480. The molecular formula is C23H22FN5O3S2. The molecule has 176 valence electrons. The van der Waals surface area contributed by atoms with Gasteiger partial charge in [-0.25, -0.2) is 17.8 Å². The lowest BCUT2D eigenvalue weighted by molar-refractivity contribution is 0.180. The number of halogens is 1. The lowest BCUT2D eigenvalue weighted by Crippen LogP contribution is -2.48. The smallest absolute Gasteiger partial charge is 0.275 e. The average Bonchev–Trinajstić information content (AvgIpc) is 3.25. The molecule has 1 aliphatic heterocycles. The highest BCUT2D eigenvalue weighted by molar-refractivity contribution is 7.88. The summed E-state index contributed by atoms with van der Waals surface area (Å²) in [5.74, 6) is -0.423. The van der Waals surface area contributed by atoms with Crippen molar-refractivity contribution in [1.29, 1.82) is 0 Å². The summed E-state index contributed by atoms with van der Waals surface area (Å²) >= 11 is 1.15. The van der Waals surface area contributed by atoms with E-state index in [0.29, 0.717) is 53.9 Å². The molecule has 0 aliphatic carbocycles. The summed E-state index contributed by atoms with van der Waals surface area (Å²) in [6.07, 6.45) is 0. The molecule has 5 rings (SSSR count). The number of nitrogens with zero attached hydrogens (tertiary/aromatic N) is 5. The summed E-state index contributed by atoms with van der Waals surface area (Å²) in [6.45, 7) is 2.27. The van der Waals surface area contributed by atoms with E-state index in [2.05, 4.69) is 15.0 Å². The molecule has 34 heavy (non-hydrogen) atoms. The molecule has 0 N–H and O–H groups in total. The summed E-state index contributed by atoms with van der Waals surface area (Å²) in [7, 11) is -3.39. The predicted molar refractivity (Wildman–Crippen MR) is 128 cm³/mol. The largest absolute Gasteiger partial charge is 0.295 e. The minimum atomic E-state index is -3.39. The molecule has 2 aromatic carbocycles. The molecule has 2 aromatic heterocycles. The van der Waals surface area contributed by atoms with Gasteiger partial charge in [0.15, 0.2) is 5.01 Å². The van der Waals surface area contributed by atoms with Crippen molar-refractivity contribution in [3.05, 3.63) is 88.1 Å². The van der Waals surface area contributed by atoms with Gasteiger partial charge in [-0.3, -0.25) is 9.69 Å². The molecule has 1 saturated heterocycles. The number of piperazine rings is 1. The van der Waals surface area contributed by atoms with Crippen molar-refractivity contribution < 1.29 is 12.8 Å². The van der Waals surface area contributed by atoms with Crippen molar-refractivity contribution >= 4 is 26.3 Å². The van der Waals surface area contributed by atoms with Gasteiger partial charge in [0.05, 0.1) is 11.4 Å². The second-order valence-electron chi connectivity index (χ2n) is 8.08. The summed E-state index contributed by atoms with van der Waals surface area (Å²) in [6, 6.07) is 16.8. The number of fused-ring (bicyclic) bond motifs is 1. The number of hydrogen-bond donors (Lipinski definition) is 0. The third-order valence-electron chi connectivity index (χ3n) is 5.70. The fourth-order valence-electron chi connectivity index (χ4n) is 3.95. The van der Waals surface area contributed by atoms with Crippen LogP contribution in [0.15, 0.2) is 65.5 Å². The first-order valence-corrected chi connectivity index (χ1v) is 13.2. The first-order chi connectivity index (χ1) is 16.4. The van der Waals surface area contributed by atoms with Crippen LogP contribution in [0, 0.1) is 5.82 Å². The van der Waals surface area contributed by atoms with Crippen LogP contribution in [0.2, 0.25) is 0 Å². The highest BCUT2D eigenvalue weighted by Crippen LogP contribution is 2.26. The van der Waals surface area contributed by atoms with Gasteiger partial charge in [0.25, 0.3) is 5.56 Å². The zero-order valence-corrected chi connectivity index (χ0v) is 19.8. The Labute approximate surface area is 200 Å². The maximum atomic E-state index is 14.1. The maximum absolute atomic E-state index is 14.1. The van der Waals surface area contributed by atoms with Crippen molar-refractivity contribution in [2.75, 3.05) is 26.2 Å². The summed E-state index contributed by atoms with van der Waals surface area (Å²) in [4.78, 5) is 19.6. The van der Waals surface area contributed by atoms with Crippen molar-refractivity contribution in [3.63, 3.8) is 0 Å². The molecule has 11 heteroatoms.